The van der Waals surface area contributed by atoms with E-state index in [0.717, 1.165) is 56.0 Å². The number of aliphatic hydroxyl groups is 1. The number of unbranched alkanes of at least 4 members (excludes halogenated alkanes) is 1. The first-order valence-electron chi connectivity index (χ1n) is 15.4. The molecule has 3 aromatic carbocycles. The minimum atomic E-state index is -1.01. The summed E-state index contributed by atoms with van der Waals surface area (Å²) in [5.41, 5.74) is 4.93. The van der Waals surface area contributed by atoms with Gasteiger partial charge in [0.15, 0.2) is 0 Å². The lowest BCUT2D eigenvalue weighted by molar-refractivity contribution is 0.0822. The Morgan fingerprint density at radius 2 is 1.79 bits per heavy atom. The molecule has 6 nitrogen and oxygen atoms in total. The molecule has 1 fully saturated rings. The summed E-state index contributed by atoms with van der Waals surface area (Å²) >= 11 is 0. The quantitative estimate of drug-likeness (QED) is 0.146. The number of rotatable bonds is 17. The van der Waals surface area contributed by atoms with Gasteiger partial charge in [0, 0.05) is 43.1 Å². The number of hydrogen-bond acceptors (Lipinski definition) is 5. The zero-order valence-electron chi connectivity index (χ0n) is 25.5. The maximum atomic E-state index is 14.0. The van der Waals surface area contributed by atoms with Gasteiger partial charge in [-0.15, -0.1) is 0 Å². The van der Waals surface area contributed by atoms with E-state index < -0.39 is 23.8 Å². The van der Waals surface area contributed by atoms with Crippen molar-refractivity contribution in [1.29, 1.82) is 0 Å². The average molecular weight is 594 g/mol. The molecule has 0 radical (unpaired) electrons. The van der Waals surface area contributed by atoms with E-state index in [0.29, 0.717) is 24.2 Å². The summed E-state index contributed by atoms with van der Waals surface area (Å²) in [5.74, 6) is -1.76. The average Bonchev–Trinajstić information content (AvgIpc) is 3.79. The summed E-state index contributed by atoms with van der Waals surface area (Å²) in [5, 5.41) is 21.3. The Morgan fingerprint density at radius 3 is 2.47 bits per heavy atom. The van der Waals surface area contributed by atoms with Gasteiger partial charge in [0.05, 0.1) is 18.8 Å². The number of ether oxygens (including phenoxy) is 1. The number of amides is 1. The van der Waals surface area contributed by atoms with Crippen molar-refractivity contribution in [1.82, 2.24) is 10.6 Å². The molecule has 0 aromatic heterocycles. The first-order chi connectivity index (χ1) is 20.8. The summed E-state index contributed by atoms with van der Waals surface area (Å²) in [6, 6.07) is 16.5. The normalized spacial score (nSPS) is 15.1. The molecule has 1 aliphatic rings. The lowest BCUT2D eigenvalue weighted by Crippen LogP contribution is -2.50. The standard InChI is InChI=1S/C35H45F2N3O3/c1-4-6-15-38-31-21-27(11-10-26(31)12-16-43-3)34(42)40-32(20-25-18-29(36)22-30(37)19-25)33(41)23-39-35(13-14-35)28-9-7-8-24(5-2)17-28/h7-11,17-19,21-22,32-33,38-39,41H,4-6,12-16,20,23H2,1-3H3,(H,40,42)/t32-,33+/m0/s1. The fraction of sp³-hybridized carbons (Fsp3) is 0.457. The second-order valence-corrected chi connectivity index (χ2v) is 11.5. The molecule has 0 spiro atoms. The zero-order chi connectivity index (χ0) is 30.8. The van der Waals surface area contributed by atoms with Crippen LogP contribution in [0.25, 0.3) is 0 Å². The molecule has 1 saturated carbocycles. The van der Waals surface area contributed by atoms with Crippen LogP contribution in [-0.4, -0.2) is 50.0 Å². The third-order valence-electron chi connectivity index (χ3n) is 8.24. The van der Waals surface area contributed by atoms with Crippen LogP contribution in [0.15, 0.2) is 60.7 Å². The topological polar surface area (TPSA) is 82.6 Å². The van der Waals surface area contributed by atoms with E-state index in [1.165, 1.54) is 23.3 Å². The molecular weight excluding hydrogens is 548 g/mol. The molecular formula is C35H45F2N3O3. The maximum Gasteiger partial charge on any atom is 0.251 e. The summed E-state index contributed by atoms with van der Waals surface area (Å²) in [7, 11) is 1.66. The van der Waals surface area contributed by atoms with E-state index >= 15 is 0 Å². The Kier molecular flexibility index (Phi) is 11.7. The van der Waals surface area contributed by atoms with Crippen molar-refractivity contribution in [3.63, 3.8) is 0 Å². The number of benzene rings is 3. The number of halogens is 2. The Morgan fingerprint density at radius 1 is 1.02 bits per heavy atom. The highest BCUT2D eigenvalue weighted by molar-refractivity contribution is 5.95. The Labute approximate surface area is 254 Å². The molecule has 8 heteroatoms. The van der Waals surface area contributed by atoms with Gasteiger partial charge in [-0.25, -0.2) is 8.78 Å². The molecule has 0 bridgehead atoms. The van der Waals surface area contributed by atoms with Gasteiger partial charge in [0.2, 0.25) is 0 Å². The molecule has 4 rings (SSSR count). The van der Waals surface area contributed by atoms with Crippen LogP contribution >= 0.6 is 0 Å². The number of carbonyl (C=O) groups is 1. The smallest absolute Gasteiger partial charge is 0.251 e. The summed E-state index contributed by atoms with van der Waals surface area (Å²) in [6.45, 7) is 5.79. The minimum Gasteiger partial charge on any atom is -0.390 e. The van der Waals surface area contributed by atoms with Crippen molar-refractivity contribution in [3.8, 4) is 0 Å². The van der Waals surface area contributed by atoms with Crippen LogP contribution in [0.1, 0.15) is 72.1 Å². The predicted octanol–water partition coefficient (Wildman–Crippen LogP) is 5.91. The molecule has 3 aromatic rings. The number of aryl methyl sites for hydroxylation is 1. The van der Waals surface area contributed by atoms with E-state index in [-0.39, 0.29) is 24.4 Å². The Bertz CT molecular complexity index is 1340. The first-order valence-corrected chi connectivity index (χ1v) is 15.4. The summed E-state index contributed by atoms with van der Waals surface area (Å²) < 4.78 is 33.4. The summed E-state index contributed by atoms with van der Waals surface area (Å²) in [4.78, 5) is 13.6. The number of methoxy groups -OCH3 is 1. The zero-order valence-corrected chi connectivity index (χ0v) is 25.5. The van der Waals surface area contributed by atoms with Crippen LogP contribution in [0, 0.1) is 11.6 Å². The molecule has 4 N–H and O–H groups in total. The van der Waals surface area contributed by atoms with Crippen molar-refractivity contribution in [2.45, 2.75) is 76.5 Å². The van der Waals surface area contributed by atoms with Crippen LogP contribution < -0.4 is 16.0 Å². The van der Waals surface area contributed by atoms with Crippen LogP contribution in [0.2, 0.25) is 0 Å². The molecule has 0 unspecified atom stereocenters. The molecule has 0 heterocycles. The van der Waals surface area contributed by atoms with E-state index in [4.69, 9.17) is 4.74 Å². The number of aliphatic hydroxyl groups excluding tert-OH is 1. The lowest BCUT2D eigenvalue weighted by atomic mass is 9.98. The highest BCUT2D eigenvalue weighted by Crippen LogP contribution is 2.45. The molecule has 0 aliphatic heterocycles. The molecule has 1 aliphatic carbocycles. The Hall–Kier alpha value is -3.33. The van der Waals surface area contributed by atoms with E-state index in [1.807, 2.05) is 12.1 Å². The lowest BCUT2D eigenvalue weighted by Gasteiger charge is -2.27. The van der Waals surface area contributed by atoms with Gasteiger partial charge in [0.25, 0.3) is 5.91 Å². The van der Waals surface area contributed by atoms with Gasteiger partial charge in [-0.3, -0.25) is 4.79 Å². The highest BCUT2D eigenvalue weighted by atomic mass is 19.1. The molecule has 2 atom stereocenters. The predicted molar refractivity (Wildman–Crippen MR) is 167 cm³/mol. The molecule has 1 amide bonds. The van der Waals surface area contributed by atoms with Gasteiger partial charge in [-0.05, 0) is 85.0 Å². The fourth-order valence-electron chi connectivity index (χ4n) is 5.45. The molecule has 43 heavy (non-hydrogen) atoms. The van der Waals surface area contributed by atoms with Crippen LogP contribution in [-0.2, 0) is 29.5 Å². The number of carbonyl (C=O) groups excluding carboxylic acids is 1. The summed E-state index contributed by atoms with van der Waals surface area (Å²) in [6.07, 6.45) is 4.63. The minimum absolute atomic E-state index is 0.0646. The monoisotopic (exact) mass is 593 g/mol. The second kappa shape index (κ2) is 15.4. The SMILES string of the molecule is CCCCNc1cc(C(=O)N[C@@H](Cc2cc(F)cc(F)c2)[C@H](O)CNC2(c3cccc(CC)c3)CC2)ccc1CCOC. The van der Waals surface area contributed by atoms with Crippen molar-refractivity contribution in [2.75, 3.05) is 32.1 Å². The van der Waals surface area contributed by atoms with Gasteiger partial charge in [-0.2, -0.15) is 0 Å². The number of anilines is 1. The largest absolute Gasteiger partial charge is 0.390 e. The van der Waals surface area contributed by atoms with Gasteiger partial charge >= 0.3 is 0 Å². The maximum absolute atomic E-state index is 14.0. The molecule has 232 valence electrons. The molecule has 0 saturated heterocycles. The third-order valence-corrected chi connectivity index (χ3v) is 8.24. The van der Waals surface area contributed by atoms with Crippen molar-refractivity contribution < 1.29 is 23.4 Å². The van der Waals surface area contributed by atoms with Crippen LogP contribution in [0.4, 0.5) is 14.5 Å². The van der Waals surface area contributed by atoms with Crippen molar-refractivity contribution >= 4 is 11.6 Å². The van der Waals surface area contributed by atoms with E-state index in [9.17, 15) is 18.7 Å². The highest BCUT2D eigenvalue weighted by Gasteiger charge is 2.44. The number of hydrogen-bond donors (Lipinski definition) is 4. The second-order valence-electron chi connectivity index (χ2n) is 11.5. The van der Waals surface area contributed by atoms with E-state index in [2.05, 4.69) is 54.1 Å². The van der Waals surface area contributed by atoms with E-state index in [1.54, 1.807) is 13.2 Å². The number of nitrogens with one attached hydrogen (secondary N) is 3. The van der Waals surface area contributed by atoms with Crippen molar-refractivity contribution in [2.24, 2.45) is 0 Å². The Balaban J connectivity index is 1.53. The fourth-order valence-corrected chi connectivity index (χ4v) is 5.45. The first kappa shape index (κ1) is 32.6. The van der Waals surface area contributed by atoms with Crippen molar-refractivity contribution in [3.05, 3.63) is 100 Å². The van der Waals surface area contributed by atoms with Gasteiger partial charge < -0.3 is 25.8 Å². The third kappa shape index (κ3) is 9.08. The van der Waals surface area contributed by atoms with Crippen LogP contribution in [0.5, 0.6) is 0 Å². The van der Waals surface area contributed by atoms with Gasteiger partial charge in [0.1, 0.15) is 11.6 Å². The van der Waals surface area contributed by atoms with Crippen LogP contribution in [0.3, 0.4) is 0 Å². The van der Waals surface area contributed by atoms with Gasteiger partial charge in [-0.1, -0.05) is 50.6 Å².